The number of halogens is 1. The lowest BCUT2D eigenvalue weighted by Crippen LogP contribution is -2.39. The number of fused-ring (bicyclic) bond motifs is 2. The van der Waals surface area contributed by atoms with Crippen molar-refractivity contribution < 1.29 is 4.79 Å². The van der Waals surface area contributed by atoms with Crippen molar-refractivity contribution in [3.63, 3.8) is 0 Å². The second kappa shape index (κ2) is 6.96. The van der Waals surface area contributed by atoms with Gasteiger partial charge in [-0.05, 0) is 47.2 Å². The predicted molar refractivity (Wildman–Crippen MR) is 113 cm³/mol. The molecule has 1 heterocycles. The fourth-order valence-electron chi connectivity index (χ4n) is 4.63. The number of nitrogens with one attached hydrogen (secondary N) is 1. The SMILES string of the molecule is O=C1NC2=C(CCc3ccccc32)C(c2ccc(Cl)cc2)C1c1ccccc1. The van der Waals surface area contributed by atoms with E-state index in [0.29, 0.717) is 5.02 Å². The number of benzene rings is 3. The summed E-state index contributed by atoms with van der Waals surface area (Å²) in [5, 5.41) is 3.96. The summed E-state index contributed by atoms with van der Waals surface area (Å²) in [6.07, 6.45) is 1.94. The highest BCUT2D eigenvalue weighted by Crippen LogP contribution is 2.48. The van der Waals surface area contributed by atoms with Crippen LogP contribution in [-0.2, 0) is 11.2 Å². The van der Waals surface area contributed by atoms with Crippen molar-refractivity contribution in [2.24, 2.45) is 0 Å². The summed E-state index contributed by atoms with van der Waals surface area (Å²) >= 11 is 6.15. The van der Waals surface area contributed by atoms with Crippen LogP contribution in [0, 0.1) is 0 Å². The summed E-state index contributed by atoms with van der Waals surface area (Å²) in [5.41, 5.74) is 6.95. The van der Waals surface area contributed by atoms with E-state index in [-0.39, 0.29) is 17.7 Å². The van der Waals surface area contributed by atoms with Gasteiger partial charge in [-0.15, -0.1) is 0 Å². The van der Waals surface area contributed by atoms with Crippen molar-refractivity contribution in [3.8, 4) is 0 Å². The Kier molecular flexibility index (Phi) is 4.29. The summed E-state index contributed by atoms with van der Waals surface area (Å²) in [6.45, 7) is 0. The molecule has 1 aliphatic heterocycles. The summed E-state index contributed by atoms with van der Waals surface area (Å²) in [6, 6.07) is 26.4. The molecule has 5 rings (SSSR count). The minimum atomic E-state index is -0.244. The molecule has 2 aliphatic rings. The van der Waals surface area contributed by atoms with Crippen molar-refractivity contribution in [2.75, 3.05) is 0 Å². The molecule has 3 aromatic carbocycles. The van der Waals surface area contributed by atoms with Gasteiger partial charge in [0.15, 0.2) is 0 Å². The van der Waals surface area contributed by atoms with Gasteiger partial charge in [-0.3, -0.25) is 4.79 Å². The Labute approximate surface area is 169 Å². The lowest BCUT2D eigenvalue weighted by Gasteiger charge is -2.38. The van der Waals surface area contributed by atoms with Gasteiger partial charge < -0.3 is 5.32 Å². The minimum absolute atomic E-state index is 0.0109. The Morgan fingerprint density at radius 1 is 0.750 bits per heavy atom. The molecule has 3 aromatic rings. The molecular weight excluding hydrogens is 366 g/mol. The van der Waals surface area contributed by atoms with E-state index in [4.69, 9.17) is 11.6 Å². The van der Waals surface area contributed by atoms with Crippen LogP contribution in [-0.4, -0.2) is 5.91 Å². The second-order valence-electron chi connectivity index (χ2n) is 7.46. The first kappa shape index (κ1) is 17.3. The summed E-state index contributed by atoms with van der Waals surface area (Å²) < 4.78 is 0. The van der Waals surface area contributed by atoms with Crippen molar-refractivity contribution in [1.82, 2.24) is 5.32 Å². The summed E-state index contributed by atoms with van der Waals surface area (Å²) in [7, 11) is 0. The zero-order valence-corrected chi connectivity index (χ0v) is 16.1. The molecule has 2 nitrogen and oxygen atoms in total. The van der Waals surface area contributed by atoms with Crippen LogP contribution in [0.4, 0.5) is 0 Å². The predicted octanol–water partition coefficient (Wildman–Crippen LogP) is 5.69. The van der Waals surface area contributed by atoms with Gasteiger partial charge in [0.25, 0.3) is 0 Å². The van der Waals surface area contributed by atoms with Crippen molar-refractivity contribution in [2.45, 2.75) is 24.7 Å². The van der Waals surface area contributed by atoms with Crippen molar-refractivity contribution in [3.05, 3.63) is 112 Å². The van der Waals surface area contributed by atoms with E-state index in [2.05, 4.69) is 47.8 Å². The van der Waals surface area contributed by atoms with Gasteiger partial charge >= 0.3 is 0 Å². The van der Waals surface area contributed by atoms with Crippen molar-refractivity contribution >= 4 is 23.2 Å². The average molecular weight is 386 g/mol. The Bertz CT molecular complexity index is 1070. The lowest BCUT2D eigenvalue weighted by atomic mass is 9.69. The van der Waals surface area contributed by atoms with Gasteiger partial charge in [-0.25, -0.2) is 0 Å². The number of carbonyl (C=O) groups excluding carboxylic acids is 1. The lowest BCUT2D eigenvalue weighted by molar-refractivity contribution is -0.122. The fraction of sp³-hybridized carbons (Fsp3) is 0.160. The van der Waals surface area contributed by atoms with Gasteiger partial charge in [0.05, 0.1) is 5.92 Å². The molecule has 2 atom stereocenters. The molecule has 1 aliphatic carbocycles. The highest BCUT2D eigenvalue weighted by Gasteiger charge is 2.40. The second-order valence-corrected chi connectivity index (χ2v) is 7.90. The Morgan fingerprint density at radius 2 is 1.43 bits per heavy atom. The average Bonchev–Trinajstić information content (AvgIpc) is 2.74. The van der Waals surface area contributed by atoms with Gasteiger partial charge in [0.2, 0.25) is 5.91 Å². The molecular formula is C25H20ClNO. The first-order valence-electron chi connectivity index (χ1n) is 9.65. The van der Waals surface area contributed by atoms with Crippen LogP contribution in [0.5, 0.6) is 0 Å². The van der Waals surface area contributed by atoms with Gasteiger partial charge in [-0.1, -0.05) is 78.3 Å². The smallest absolute Gasteiger partial charge is 0.232 e. The molecule has 0 saturated heterocycles. The molecule has 0 aromatic heterocycles. The van der Waals surface area contributed by atoms with Gasteiger partial charge in [0.1, 0.15) is 0 Å². The van der Waals surface area contributed by atoms with Crippen LogP contribution < -0.4 is 5.32 Å². The number of hydrogen-bond acceptors (Lipinski definition) is 1. The normalized spacial score (nSPS) is 21.0. The number of carbonyl (C=O) groups is 1. The maximum absolute atomic E-state index is 13.3. The molecule has 3 heteroatoms. The van der Waals surface area contributed by atoms with Crippen LogP contribution in [0.2, 0.25) is 5.02 Å². The maximum atomic E-state index is 13.3. The van der Waals surface area contributed by atoms with Crippen LogP contribution in [0.25, 0.3) is 5.70 Å². The number of hydrogen-bond donors (Lipinski definition) is 1. The Balaban J connectivity index is 1.72. The standard InChI is InChI=1S/C25H20ClNO/c26-19-13-10-18(11-14-19)22-21-15-12-16-6-4-5-9-20(16)24(21)27-25(28)23(22)17-7-2-1-3-8-17/h1-11,13-14,22-23H,12,15H2,(H,27,28). The van der Waals surface area contributed by atoms with E-state index in [1.807, 2.05) is 36.4 Å². The molecule has 1 amide bonds. The Morgan fingerprint density at radius 3 is 2.21 bits per heavy atom. The quantitative estimate of drug-likeness (QED) is 0.602. The first-order chi connectivity index (χ1) is 13.7. The molecule has 1 N–H and O–H groups in total. The zero-order chi connectivity index (χ0) is 19.1. The van der Waals surface area contributed by atoms with Gasteiger partial charge in [-0.2, -0.15) is 0 Å². The van der Waals surface area contributed by atoms with Gasteiger partial charge in [0, 0.05) is 22.2 Å². The topological polar surface area (TPSA) is 29.1 Å². The van der Waals surface area contributed by atoms with E-state index in [1.165, 1.54) is 11.1 Å². The monoisotopic (exact) mass is 385 g/mol. The minimum Gasteiger partial charge on any atom is -0.325 e. The first-order valence-corrected chi connectivity index (χ1v) is 10.0. The molecule has 28 heavy (non-hydrogen) atoms. The fourth-order valence-corrected chi connectivity index (χ4v) is 4.76. The zero-order valence-electron chi connectivity index (χ0n) is 15.4. The number of rotatable bonds is 2. The molecule has 138 valence electrons. The van der Waals surface area contributed by atoms with E-state index in [1.54, 1.807) is 0 Å². The molecule has 0 bridgehead atoms. The van der Waals surface area contributed by atoms with Crippen LogP contribution in [0.1, 0.15) is 40.5 Å². The summed E-state index contributed by atoms with van der Waals surface area (Å²) in [4.78, 5) is 13.3. The van der Waals surface area contributed by atoms with Crippen LogP contribution in [0.15, 0.2) is 84.4 Å². The molecule has 0 spiro atoms. The number of aryl methyl sites for hydroxylation is 1. The number of amides is 1. The Hall–Kier alpha value is -2.84. The van der Waals surface area contributed by atoms with E-state index < -0.39 is 0 Å². The highest BCUT2D eigenvalue weighted by molar-refractivity contribution is 6.30. The largest absolute Gasteiger partial charge is 0.325 e. The van der Waals surface area contributed by atoms with E-state index in [0.717, 1.165) is 35.2 Å². The molecule has 0 saturated carbocycles. The van der Waals surface area contributed by atoms with E-state index >= 15 is 0 Å². The van der Waals surface area contributed by atoms with Crippen LogP contribution >= 0.6 is 11.6 Å². The highest BCUT2D eigenvalue weighted by atomic mass is 35.5. The number of allylic oxidation sites excluding steroid dienone is 1. The van der Waals surface area contributed by atoms with Crippen molar-refractivity contribution in [1.29, 1.82) is 0 Å². The third-order valence-electron chi connectivity index (χ3n) is 5.90. The summed E-state index contributed by atoms with van der Waals surface area (Å²) in [5.74, 6) is -0.176. The van der Waals surface area contributed by atoms with Crippen LogP contribution in [0.3, 0.4) is 0 Å². The maximum Gasteiger partial charge on any atom is 0.232 e. The van der Waals surface area contributed by atoms with E-state index in [9.17, 15) is 4.79 Å². The third kappa shape index (κ3) is 2.85. The molecule has 0 radical (unpaired) electrons. The molecule has 0 fully saturated rings. The molecule has 2 unspecified atom stereocenters. The third-order valence-corrected chi connectivity index (χ3v) is 6.15.